The molecule has 1 atom stereocenters. The number of aryl methyl sites for hydroxylation is 1. The van der Waals surface area contributed by atoms with Crippen LogP contribution in [0, 0.1) is 5.41 Å². The van der Waals surface area contributed by atoms with E-state index in [0.717, 1.165) is 17.5 Å². The Bertz CT molecular complexity index is 1150. The molecule has 3 N–H and O–H groups in total. The predicted octanol–water partition coefficient (Wildman–Crippen LogP) is 3.53. The number of Topliss-reactive ketones (excluding diaryl/α,β-unsaturated/α-hetero) is 1. The zero-order chi connectivity index (χ0) is 28.7. The Balaban J connectivity index is 2.11. The molecule has 1 heterocycles. The fraction of sp³-hybridized carbons (Fsp3) is 0.536. The molecule has 38 heavy (non-hydrogen) atoms. The highest BCUT2D eigenvalue weighted by Gasteiger charge is 2.24. The van der Waals surface area contributed by atoms with Crippen LogP contribution >= 0.6 is 0 Å². The van der Waals surface area contributed by atoms with E-state index in [2.05, 4.69) is 21.0 Å². The predicted molar refractivity (Wildman–Crippen MR) is 146 cm³/mol. The summed E-state index contributed by atoms with van der Waals surface area (Å²) in [6.45, 7) is 12.9. The van der Waals surface area contributed by atoms with Gasteiger partial charge in [-0.25, -0.2) is 4.79 Å². The number of rotatable bonds is 11. The number of carbonyl (C=O) groups is 4. The first-order chi connectivity index (χ1) is 17.6. The van der Waals surface area contributed by atoms with E-state index < -0.39 is 23.6 Å². The minimum absolute atomic E-state index is 0.0539. The van der Waals surface area contributed by atoms with Crippen LogP contribution in [-0.4, -0.2) is 51.6 Å². The van der Waals surface area contributed by atoms with Crippen molar-refractivity contribution in [2.75, 3.05) is 6.54 Å². The van der Waals surface area contributed by atoms with Crippen molar-refractivity contribution in [2.24, 2.45) is 12.5 Å². The third kappa shape index (κ3) is 9.99. The summed E-state index contributed by atoms with van der Waals surface area (Å²) < 4.78 is 7.00. The number of amides is 3. The summed E-state index contributed by atoms with van der Waals surface area (Å²) in [6, 6.07) is 6.50. The van der Waals surface area contributed by atoms with Gasteiger partial charge in [0.05, 0.1) is 12.1 Å². The summed E-state index contributed by atoms with van der Waals surface area (Å²) in [7, 11) is 1.73. The molecule has 0 fully saturated rings. The molecular formula is C28H41N5O5. The second-order valence-electron chi connectivity index (χ2n) is 11.4. The van der Waals surface area contributed by atoms with E-state index >= 15 is 0 Å². The van der Waals surface area contributed by atoms with E-state index in [1.807, 2.05) is 65.8 Å². The van der Waals surface area contributed by atoms with E-state index in [1.165, 1.54) is 6.92 Å². The Morgan fingerprint density at radius 3 is 2.24 bits per heavy atom. The minimum atomic E-state index is -0.830. The van der Waals surface area contributed by atoms with Crippen LogP contribution in [0.4, 0.5) is 4.79 Å². The Morgan fingerprint density at radius 2 is 1.68 bits per heavy atom. The van der Waals surface area contributed by atoms with Crippen molar-refractivity contribution in [3.8, 4) is 17.0 Å². The number of aromatic nitrogens is 2. The van der Waals surface area contributed by atoms with Gasteiger partial charge < -0.3 is 20.7 Å². The average molecular weight is 528 g/mol. The van der Waals surface area contributed by atoms with Crippen LogP contribution < -0.4 is 20.7 Å². The fourth-order valence-corrected chi connectivity index (χ4v) is 3.70. The van der Waals surface area contributed by atoms with Gasteiger partial charge in [0, 0.05) is 38.5 Å². The summed E-state index contributed by atoms with van der Waals surface area (Å²) in [4.78, 5) is 49.1. The normalized spacial score (nSPS) is 12.4. The molecule has 0 aliphatic carbocycles. The molecule has 0 radical (unpaired) electrons. The van der Waals surface area contributed by atoms with Crippen molar-refractivity contribution in [3.05, 3.63) is 36.0 Å². The summed E-state index contributed by atoms with van der Waals surface area (Å²) in [5, 5.41) is 12.3. The summed E-state index contributed by atoms with van der Waals surface area (Å²) in [5.74, 6) is -0.638. The molecule has 2 aromatic rings. The van der Waals surface area contributed by atoms with Crippen molar-refractivity contribution in [1.29, 1.82) is 0 Å². The third-order valence-electron chi connectivity index (χ3n) is 5.95. The van der Waals surface area contributed by atoms with Gasteiger partial charge in [0.15, 0.2) is 5.78 Å². The monoisotopic (exact) mass is 527 g/mol. The number of hydrogen-bond donors (Lipinski definition) is 3. The lowest BCUT2D eigenvalue weighted by molar-refractivity contribution is -0.129. The molecule has 1 unspecified atom stereocenters. The summed E-state index contributed by atoms with van der Waals surface area (Å²) in [6.07, 6.45) is 2.61. The summed E-state index contributed by atoms with van der Waals surface area (Å²) >= 11 is 0. The molecule has 0 bridgehead atoms. The van der Waals surface area contributed by atoms with E-state index in [9.17, 15) is 19.2 Å². The van der Waals surface area contributed by atoms with Crippen LogP contribution in [0.5, 0.6) is 5.88 Å². The maximum absolute atomic E-state index is 12.8. The van der Waals surface area contributed by atoms with Crippen LogP contribution in [0.2, 0.25) is 0 Å². The van der Waals surface area contributed by atoms with Gasteiger partial charge in [-0.15, -0.1) is 5.10 Å². The van der Waals surface area contributed by atoms with Gasteiger partial charge in [-0.05, 0) is 37.3 Å². The van der Waals surface area contributed by atoms with Gasteiger partial charge in [0.25, 0.3) is 5.88 Å². The molecule has 0 saturated heterocycles. The Morgan fingerprint density at radius 1 is 1.05 bits per heavy atom. The molecule has 3 amide bonds. The van der Waals surface area contributed by atoms with Gasteiger partial charge in [0.1, 0.15) is 6.04 Å². The van der Waals surface area contributed by atoms with E-state index in [-0.39, 0.29) is 36.0 Å². The van der Waals surface area contributed by atoms with E-state index in [1.54, 1.807) is 17.9 Å². The molecule has 2 rings (SSSR count). The Hall–Kier alpha value is -3.69. The Kier molecular flexibility index (Phi) is 10.2. The molecule has 0 aliphatic heterocycles. The van der Waals surface area contributed by atoms with Crippen molar-refractivity contribution >= 4 is 23.7 Å². The van der Waals surface area contributed by atoms with Crippen LogP contribution in [0.15, 0.2) is 30.5 Å². The second kappa shape index (κ2) is 12.7. The quantitative estimate of drug-likeness (QED) is 0.410. The second-order valence-corrected chi connectivity index (χ2v) is 11.4. The number of ether oxygens (including phenoxy) is 1. The van der Waals surface area contributed by atoms with Gasteiger partial charge >= 0.3 is 6.09 Å². The van der Waals surface area contributed by atoms with Crippen molar-refractivity contribution in [3.63, 3.8) is 0 Å². The number of benzene rings is 1. The molecule has 0 saturated carbocycles. The molecule has 1 aromatic carbocycles. The first-order valence-electron chi connectivity index (χ1n) is 12.8. The first kappa shape index (κ1) is 30.5. The highest BCUT2D eigenvalue weighted by molar-refractivity contribution is 5.91. The Labute approximate surface area is 224 Å². The van der Waals surface area contributed by atoms with Gasteiger partial charge in [-0.3, -0.25) is 19.1 Å². The lowest BCUT2D eigenvalue weighted by Gasteiger charge is -2.22. The molecule has 0 spiro atoms. The maximum atomic E-state index is 12.8. The number of nitrogens with one attached hydrogen (secondary N) is 3. The van der Waals surface area contributed by atoms with Crippen LogP contribution in [0.25, 0.3) is 11.1 Å². The van der Waals surface area contributed by atoms with E-state index in [0.29, 0.717) is 12.0 Å². The molecule has 10 nitrogen and oxygen atoms in total. The zero-order valence-corrected chi connectivity index (χ0v) is 23.7. The molecule has 10 heteroatoms. The van der Waals surface area contributed by atoms with Gasteiger partial charge in [0.2, 0.25) is 11.8 Å². The number of carbonyl (C=O) groups excluding carboxylic acids is 4. The van der Waals surface area contributed by atoms with Gasteiger partial charge in [-0.1, -0.05) is 51.5 Å². The zero-order valence-electron chi connectivity index (χ0n) is 23.7. The first-order valence-corrected chi connectivity index (χ1v) is 12.8. The average Bonchev–Trinajstić information content (AvgIpc) is 3.15. The van der Waals surface area contributed by atoms with Crippen LogP contribution in [0.1, 0.15) is 66.9 Å². The fourth-order valence-electron chi connectivity index (χ4n) is 3.70. The standard InChI is InChI=1S/C28H41N5O5/c1-9-28(6,7)15-21(35)16-29-24(36)23(30-18(2)34)14-19-10-12-20(13-11-19)22-17-33(8)32-25(22)38-26(37)31-27(3,4)5/h10-13,17,23H,9,14-16H2,1-8H3,(H,29,36)(H,30,34)(H,31,37). The smallest absolute Gasteiger partial charge is 0.389 e. The number of ketones is 1. The summed E-state index contributed by atoms with van der Waals surface area (Å²) in [5.41, 5.74) is 1.62. The van der Waals surface area contributed by atoms with Crippen molar-refractivity contribution < 1.29 is 23.9 Å². The highest BCUT2D eigenvalue weighted by Crippen LogP contribution is 2.29. The van der Waals surface area contributed by atoms with Crippen molar-refractivity contribution in [1.82, 2.24) is 25.7 Å². The molecule has 1 aromatic heterocycles. The minimum Gasteiger partial charge on any atom is -0.389 e. The maximum Gasteiger partial charge on any atom is 0.414 e. The molecule has 0 aliphatic rings. The lowest BCUT2D eigenvalue weighted by atomic mass is 9.85. The topological polar surface area (TPSA) is 131 Å². The number of nitrogens with zero attached hydrogens (tertiary/aromatic N) is 2. The third-order valence-corrected chi connectivity index (χ3v) is 5.95. The molecular weight excluding hydrogens is 486 g/mol. The molecule has 208 valence electrons. The van der Waals surface area contributed by atoms with Gasteiger partial charge in [-0.2, -0.15) is 0 Å². The number of hydrogen-bond acceptors (Lipinski definition) is 6. The van der Waals surface area contributed by atoms with Crippen LogP contribution in [-0.2, 0) is 27.9 Å². The SMILES string of the molecule is CCC(C)(C)CC(=O)CNC(=O)C(Cc1ccc(-c2cn(C)nc2OC(=O)NC(C)(C)C)cc1)NC(C)=O. The van der Waals surface area contributed by atoms with E-state index in [4.69, 9.17) is 4.74 Å². The van der Waals surface area contributed by atoms with Crippen LogP contribution in [0.3, 0.4) is 0 Å². The highest BCUT2D eigenvalue weighted by atomic mass is 16.6. The van der Waals surface area contributed by atoms with Crippen molar-refractivity contribution in [2.45, 2.75) is 79.3 Å². The lowest BCUT2D eigenvalue weighted by Crippen LogP contribution is -2.48. The largest absolute Gasteiger partial charge is 0.414 e.